The highest BCUT2D eigenvalue weighted by molar-refractivity contribution is 6.74. The van der Waals surface area contributed by atoms with Gasteiger partial charge in [0.1, 0.15) is 0 Å². The van der Waals surface area contributed by atoms with Gasteiger partial charge in [-0.25, -0.2) is 0 Å². The standard InChI is InChI=1S/C19H30O3Si/c1-7-11-16-17(22-23(5,6)19(2,3)4)14-20-18(21-16)15-12-9-8-10-13-15/h7-10,12-13,16-18H,1,11,14H2,2-6H3/t16-,17+,18+/m0/s1. The van der Waals surface area contributed by atoms with Crippen molar-refractivity contribution in [1.82, 2.24) is 0 Å². The minimum Gasteiger partial charge on any atom is -0.409 e. The minimum atomic E-state index is -1.86. The van der Waals surface area contributed by atoms with E-state index in [1.165, 1.54) is 0 Å². The molecule has 128 valence electrons. The fraction of sp³-hybridized carbons (Fsp3) is 0.579. The Balaban J connectivity index is 2.09. The van der Waals surface area contributed by atoms with E-state index in [1.54, 1.807) is 0 Å². The maximum atomic E-state index is 6.53. The van der Waals surface area contributed by atoms with Gasteiger partial charge < -0.3 is 13.9 Å². The number of rotatable bonds is 5. The van der Waals surface area contributed by atoms with E-state index in [0.29, 0.717) is 6.61 Å². The Morgan fingerprint density at radius 2 is 1.91 bits per heavy atom. The molecule has 2 rings (SSSR count). The van der Waals surface area contributed by atoms with Crippen molar-refractivity contribution in [2.75, 3.05) is 6.61 Å². The van der Waals surface area contributed by atoms with Gasteiger partial charge in [0.25, 0.3) is 0 Å². The zero-order valence-electron chi connectivity index (χ0n) is 15.0. The smallest absolute Gasteiger partial charge is 0.192 e. The molecule has 1 aromatic rings. The quantitative estimate of drug-likeness (QED) is 0.556. The van der Waals surface area contributed by atoms with Gasteiger partial charge in [0.2, 0.25) is 0 Å². The number of hydrogen-bond donors (Lipinski definition) is 0. The van der Waals surface area contributed by atoms with E-state index < -0.39 is 8.32 Å². The fourth-order valence-electron chi connectivity index (χ4n) is 2.40. The lowest BCUT2D eigenvalue weighted by molar-refractivity contribution is -0.252. The van der Waals surface area contributed by atoms with E-state index in [1.807, 2.05) is 36.4 Å². The summed E-state index contributed by atoms with van der Waals surface area (Å²) in [5.74, 6) is 0. The van der Waals surface area contributed by atoms with Gasteiger partial charge in [-0.15, -0.1) is 6.58 Å². The summed E-state index contributed by atoms with van der Waals surface area (Å²) in [6.45, 7) is 15.7. The van der Waals surface area contributed by atoms with Crippen molar-refractivity contribution in [3.8, 4) is 0 Å². The number of ether oxygens (including phenoxy) is 2. The summed E-state index contributed by atoms with van der Waals surface area (Å²) in [5.41, 5.74) is 1.05. The van der Waals surface area contributed by atoms with E-state index >= 15 is 0 Å². The molecule has 0 unspecified atom stereocenters. The molecule has 0 aliphatic carbocycles. The van der Waals surface area contributed by atoms with Crippen LogP contribution in [0.15, 0.2) is 43.0 Å². The third-order valence-electron chi connectivity index (χ3n) is 4.85. The second-order valence-electron chi connectivity index (χ2n) is 7.69. The number of hydrogen-bond acceptors (Lipinski definition) is 3. The molecule has 3 atom stereocenters. The molecule has 23 heavy (non-hydrogen) atoms. The Bertz CT molecular complexity index is 507. The molecule has 1 fully saturated rings. The summed E-state index contributed by atoms with van der Waals surface area (Å²) in [4.78, 5) is 0. The van der Waals surface area contributed by atoms with Gasteiger partial charge in [0.05, 0.1) is 18.8 Å². The van der Waals surface area contributed by atoms with Crippen LogP contribution in [-0.2, 0) is 13.9 Å². The molecule has 1 aliphatic heterocycles. The van der Waals surface area contributed by atoms with E-state index in [0.717, 1.165) is 12.0 Å². The molecular weight excluding hydrogens is 304 g/mol. The van der Waals surface area contributed by atoms with Crippen LogP contribution in [0, 0.1) is 0 Å². The SMILES string of the molecule is C=CC[C@@H]1O[C@H](c2ccccc2)OC[C@H]1O[Si](C)(C)C(C)(C)C. The highest BCUT2D eigenvalue weighted by Crippen LogP contribution is 2.39. The topological polar surface area (TPSA) is 27.7 Å². The van der Waals surface area contributed by atoms with Crippen LogP contribution in [0.4, 0.5) is 0 Å². The fourth-order valence-corrected chi connectivity index (χ4v) is 3.73. The Hall–Kier alpha value is -0.943. The Labute approximate surface area is 141 Å². The molecule has 0 aromatic heterocycles. The van der Waals surface area contributed by atoms with Crippen molar-refractivity contribution in [2.45, 2.75) is 63.8 Å². The van der Waals surface area contributed by atoms with Crippen LogP contribution in [-0.4, -0.2) is 27.1 Å². The summed E-state index contributed by atoms with van der Waals surface area (Å²) >= 11 is 0. The lowest BCUT2D eigenvalue weighted by Gasteiger charge is -2.44. The third kappa shape index (κ3) is 4.54. The van der Waals surface area contributed by atoms with Crippen LogP contribution in [0.1, 0.15) is 39.0 Å². The molecular formula is C19H30O3Si. The molecule has 4 heteroatoms. The first-order valence-electron chi connectivity index (χ1n) is 8.35. The second-order valence-corrected chi connectivity index (χ2v) is 12.4. The van der Waals surface area contributed by atoms with Crippen molar-refractivity contribution >= 4 is 8.32 Å². The van der Waals surface area contributed by atoms with Crippen molar-refractivity contribution in [1.29, 1.82) is 0 Å². The normalized spacial score (nSPS) is 26.0. The first-order chi connectivity index (χ1) is 10.7. The maximum absolute atomic E-state index is 6.53. The molecule has 0 N–H and O–H groups in total. The van der Waals surface area contributed by atoms with E-state index in [2.05, 4.69) is 40.4 Å². The van der Waals surface area contributed by atoms with E-state index in [9.17, 15) is 0 Å². The van der Waals surface area contributed by atoms with Crippen molar-refractivity contribution in [2.24, 2.45) is 0 Å². The predicted molar refractivity (Wildman–Crippen MR) is 96.9 cm³/mol. The monoisotopic (exact) mass is 334 g/mol. The van der Waals surface area contributed by atoms with Crippen LogP contribution in [0.25, 0.3) is 0 Å². The first kappa shape index (κ1) is 18.4. The Morgan fingerprint density at radius 3 is 2.48 bits per heavy atom. The highest BCUT2D eigenvalue weighted by Gasteiger charge is 2.43. The van der Waals surface area contributed by atoms with E-state index in [4.69, 9.17) is 13.9 Å². The summed E-state index contributed by atoms with van der Waals surface area (Å²) < 4.78 is 18.7. The van der Waals surface area contributed by atoms with Crippen LogP contribution in [0.3, 0.4) is 0 Å². The molecule has 3 nitrogen and oxygen atoms in total. The molecule has 0 bridgehead atoms. The molecule has 0 radical (unpaired) electrons. The van der Waals surface area contributed by atoms with Gasteiger partial charge in [-0.1, -0.05) is 57.2 Å². The maximum Gasteiger partial charge on any atom is 0.192 e. The molecule has 0 amide bonds. The van der Waals surface area contributed by atoms with Crippen molar-refractivity contribution in [3.63, 3.8) is 0 Å². The number of benzene rings is 1. The zero-order valence-corrected chi connectivity index (χ0v) is 16.0. The third-order valence-corrected chi connectivity index (χ3v) is 9.35. The second kappa shape index (κ2) is 7.30. The van der Waals surface area contributed by atoms with Crippen LogP contribution in [0.5, 0.6) is 0 Å². The molecule has 0 spiro atoms. The van der Waals surface area contributed by atoms with Gasteiger partial charge in [0.15, 0.2) is 14.6 Å². The van der Waals surface area contributed by atoms with Gasteiger partial charge in [0, 0.05) is 5.56 Å². The lowest BCUT2D eigenvalue weighted by atomic mass is 10.1. The van der Waals surface area contributed by atoms with Gasteiger partial charge in [-0.2, -0.15) is 0 Å². The first-order valence-corrected chi connectivity index (χ1v) is 11.3. The molecule has 1 aliphatic rings. The molecule has 1 heterocycles. The van der Waals surface area contributed by atoms with E-state index in [-0.39, 0.29) is 23.5 Å². The van der Waals surface area contributed by atoms with Gasteiger partial charge >= 0.3 is 0 Å². The molecule has 1 saturated heterocycles. The summed E-state index contributed by atoms with van der Waals surface area (Å²) in [7, 11) is -1.86. The van der Waals surface area contributed by atoms with Crippen LogP contribution in [0.2, 0.25) is 18.1 Å². The van der Waals surface area contributed by atoms with Gasteiger partial charge in [-0.05, 0) is 24.6 Å². The lowest BCUT2D eigenvalue weighted by Crippen LogP contribution is -2.51. The van der Waals surface area contributed by atoms with Gasteiger partial charge in [-0.3, -0.25) is 0 Å². The van der Waals surface area contributed by atoms with Crippen molar-refractivity contribution < 1.29 is 13.9 Å². The molecule has 0 saturated carbocycles. The molecule has 1 aromatic carbocycles. The average Bonchev–Trinajstić information content (AvgIpc) is 2.49. The zero-order chi connectivity index (χ0) is 17.1. The van der Waals surface area contributed by atoms with Crippen molar-refractivity contribution in [3.05, 3.63) is 48.6 Å². The largest absolute Gasteiger partial charge is 0.409 e. The summed E-state index contributed by atoms with van der Waals surface area (Å²) in [5, 5.41) is 0.169. The van der Waals surface area contributed by atoms with Crippen LogP contribution >= 0.6 is 0 Å². The minimum absolute atomic E-state index is 0.0134. The Kier molecular flexibility index (Phi) is 5.84. The van der Waals surface area contributed by atoms with Crippen LogP contribution < -0.4 is 0 Å². The predicted octanol–water partition coefficient (Wildman–Crippen LogP) is 5.07. The highest BCUT2D eigenvalue weighted by atomic mass is 28.4. The average molecular weight is 335 g/mol. The summed E-state index contributed by atoms with van der Waals surface area (Å²) in [6, 6.07) is 10.1. The summed E-state index contributed by atoms with van der Waals surface area (Å²) in [6.07, 6.45) is 2.31. The Morgan fingerprint density at radius 1 is 1.26 bits per heavy atom.